The largest absolute Gasteiger partial charge is 0.493 e. The van der Waals surface area contributed by atoms with Crippen LogP contribution in [-0.2, 0) is 6.42 Å². The number of nitrogens with zero attached hydrogens (tertiary/aromatic N) is 1. The van der Waals surface area contributed by atoms with E-state index in [1.807, 2.05) is 53.9 Å². The summed E-state index contributed by atoms with van der Waals surface area (Å²) in [5, 5.41) is 5.83. The van der Waals surface area contributed by atoms with Crippen molar-refractivity contribution in [2.45, 2.75) is 6.42 Å². The standard InChI is InChI=1S/C25H22N2O5S2/c1-29-17-7-5-15(12-19(17)30-2)9-10-26-24(28)22-23(34-25(27-22)21-4-3-11-33-21)16-6-8-18-20(13-16)32-14-31-18/h3-8,11-13H,9-10,14H2,1-2H3,(H,26,28). The van der Waals surface area contributed by atoms with Gasteiger partial charge in [-0.1, -0.05) is 12.1 Å². The minimum atomic E-state index is -0.216. The maximum Gasteiger partial charge on any atom is 0.271 e. The van der Waals surface area contributed by atoms with Crippen LogP contribution in [-0.4, -0.2) is 38.4 Å². The minimum Gasteiger partial charge on any atom is -0.493 e. The Labute approximate surface area is 204 Å². The van der Waals surface area contributed by atoms with Crippen molar-refractivity contribution in [2.24, 2.45) is 0 Å². The van der Waals surface area contributed by atoms with E-state index in [2.05, 4.69) is 5.32 Å². The maximum absolute atomic E-state index is 13.2. The van der Waals surface area contributed by atoms with Gasteiger partial charge in [-0.25, -0.2) is 4.98 Å². The Hall–Kier alpha value is -3.56. The summed E-state index contributed by atoms with van der Waals surface area (Å²) in [5.74, 6) is 2.49. The Morgan fingerprint density at radius 2 is 1.91 bits per heavy atom. The molecule has 34 heavy (non-hydrogen) atoms. The number of methoxy groups -OCH3 is 2. The monoisotopic (exact) mass is 494 g/mol. The number of thiophene rings is 1. The molecule has 0 atom stereocenters. The van der Waals surface area contributed by atoms with Crippen LogP contribution in [0.2, 0.25) is 0 Å². The number of carbonyl (C=O) groups is 1. The molecule has 0 fully saturated rings. The van der Waals surface area contributed by atoms with Gasteiger partial charge in [0.1, 0.15) is 10.7 Å². The second-order valence-corrected chi connectivity index (χ2v) is 9.38. The van der Waals surface area contributed by atoms with Crippen LogP contribution in [0.5, 0.6) is 23.0 Å². The van der Waals surface area contributed by atoms with Gasteiger partial charge >= 0.3 is 0 Å². The van der Waals surface area contributed by atoms with Gasteiger partial charge in [0.2, 0.25) is 6.79 Å². The van der Waals surface area contributed by atoms with E-state index in [4.69, 9.17) is 23.9 Å². The second-order valence-electron chi connectivity index (χ2n) is 7.44. The van der Waals surface area contributed by atoms with Gasteiger partial charge in [-0.05, 0) is 59.3 Å². The van der Waals surface area contributed by atoms with Gasteiger partial charge in [0.15, 0.2) is 23.0 Å². The molecule has 0 radical (unpaired) electrons. The first-order chi connectivity index (χ1) is 16.7. The van der Waals surface area contributed by atoms with Crippen molar-refractivity contribution < 1.29 is 23.7 Å². The summed E-state index contributed by atoms with van der Waals surface area (Å²) in [6.45, 7) is 0.659. The third-order valence-electron chi connectivity index (χ3n) is 5.36. The molecule has 5 rings (SSSR count). The fourth-order valence-corrected chi connectivity index (χ4v) is 5.51. The zero-order chi connectivity index (χ0) is 23.5. The third kappa shape index (κ3) is 4.44. The molecule has 2 aromatic heterocycles. The summed E-state index contributed by atoms with van der Waals surface area (Å²) in [6, 6.07) is 15.4. The summed E-state index contributed by atoms with van der Waals surface area (Å²) < 4.78 is 21.6. The van der Waals surface area contributed by atoms with E-state index in [9.17, 15) is 4.79 Å². The van der Waals surface area contributed by atoms with Crippen molar-refractivity contribution in [2.75, 3.05) is 27.6 Å². The molecule has 0 aliphatic carbocycles. The molecule has 1 amide bonds. The molecule has 0 saturated heterocycles. The number of ether oxygens (including phenoxy) is 4. The number of rotatable bonds is 8. The fourth-order valence-electron chi connectivity index (χ4n) is 3.65. The molecule has 2 aromatic carbocycles. The van der Waals surface area contributed by atoms with E-state index < -0.39 is 0 Å². The van der Waals surface area contributed by atoms with Gasteiger partial charge in [0.25, 0.3) is 5.91 Å². The van der Waals surface area contributed by atoms with Crippen LogP contribution < -0.4 is 24.3 Å². The Bertz CT molecular complexity index is 1320. The number of hydrogen-bond acceptors (Lipinski definition) is 8. The molecule has 1 aliphatic rings. The van der Waals surface area contributed by atoms with E-state index in [1.165, 1.54) is 11.3 Å². The first-order valence-electron chi connectivity index (χ1n) is 10.6. The third-order valence-corrected chi connectivity index (χ3v) is 7.50. The summed E-state index contributed by atoms with van der Waals surface area (Å²) in [6.07, 6.45) is 0.646. The topological polar surface area (TPSA) is 78.9 Å². The summed E-state index contributed by atoms with van der Waals surface area (Å²) >= 11 is 3.09. The lowest BCUT2D eigenvalue weighted by molar-refractivity contribution is 0.0950. The molecule has 0 unspecified atom stereocenters. The average Bonchev–Trinajstić information content (AvgIpc) is 3.63. The lowest BCUT2D eigenvalue weighted by Gasteiger charge is -2.10. The predicted molar refractivity (Wildman–Crippen MR) is 133 cm³/mol. The van der Waals surface area contributed by atoms with Crippen molar-refractivity contribution in [1.82, 2.24) is 10.3 Å². The van der Waals surface area contributed by atoms with Crippen molar-refractivity contribution in [1.29, 1.82) is 0 Å². The molecule has 0 saturated carbocycles. The lowest BCUT2D eigenvalue weighted by Crippen LogP contribution is -2.26. The number of benzene rings is 2. The van der Waals surface area contributed by atoms with Gasteiger partial charge < -0.3 is 24.3 Å². The van der Waals surface area contributed by atoms with Crippen LogP contribution in [0.1, 0.15) is 16.1 Å². The lowest BCUT2D eigenvalue weighted by atomic mass is 10.1. The number of carbonyl (C=O) groups excluding carboxylic acids is 1. The fraction of sp³-hybridized carbons (Fsp3) is 0.200. The summed E-state index contributed by atoms with van der Waals surface area (Å²) in [7, 11) is 3.21. The molecule has 174 valence electrons. The molecule has 4 aromatic rings. The zero-order valence-corrected chi connectivity index (χ0v) is 20.3. The van der Waals surface area contributed by atoms with Crippen molar-refractivity contribution in [3.63, 3.8) is 0 Å². The number of hydrogen-bond donors (Lipinski definition) is 1. The number of aromatic nitrogens is 1. The highest BCUT2D eigenvalue weighted by molar-refractivity contribution is 7.23. The Morgan fingerprint density at radius 3 is 2.71 bits per heavy atom. The molecular weight excluding hydrogens is 472 g/mol. The summed E-state index contributed by atoms with van der Waals surface area (Å²) in [5.41, 5.74) is 2.31. The van der Waals surface area contributed by atoms with Gasteiger partial charge in [-0.15, -0.1) is 22.7 Å². The van der Waals surface area contributed by atoms with Crippen LogP contribution in [0.4, 0.5) is 0 Å². The summed E-state index contributed by atoms with van der Waals surface area (Å²) in [4.78, 5) is 19.7. The first-order valence-corrected chi connectivity index (χ1v) is 12.3. The van der Waals surface area contributed by atoms with E-state index in [0.717, 1.165) is 25.9 Å². The smallest absolute Gasteiger partial charge is 0.271 e. The SMILES string of the molecule is COc1ccc(CCNC(=O)c2nc(-c3cccs3)sc2-c2ccc3c(c2)OCO3)cc1OC. The van der Waals surface area contributed by atoms with Gasteiger partial charge in [0, 0.05) is 6.54 Å². The zero-order valence-electron chi connectivity index (χ0n) is 18.6. The van der Waals surface area contributed by atoms with Crippen LogP contribution in [0.3, 0.4) is 0 Å². The molecule has 1 aliphatic heterocycles. The van der Waals surface area contributed by atoms with Gasteiger partial charge in [-0.2, -0.15) is 0 Å². The van der Waals surface area contributed by atoms with Crippen LogP contribution in [0, 0.1) is 0 Å². The second kappa shape index (κ2) is 9.74. The highest BCUT2D eigenvalue weighted by Crippen LogP contribution is 2.41. The van der Waals surface area contributed by atoms with Crippen molar-refractivity contribution in [3.05, 3.63) is 65.2 Å². The maximum atomic E-state index is 13.2. The molecule has 3 heterocycles. The highest BCUT2D eigenvalue weighted by Gasteiger charge is 2.23. The molecule has 0 bridgehead atoms. The Kier molecular flexibility index (Phi) is 6.37. The van der Waals surface area contributed by atoms with Gasteiger partial charge in [-0.3, -0.25) is 4.79 Å². The quantitative estimate of drug-likeness (QED) is 0.360. The molecular formula is C25H22N2O5S2. The highest BCUT2D eigenvalue weighted by atomic mass is 32.1. The first kappa shape index (κ1) is 22.2. The van der Waals surface area contributed by atoms with Crippen LogP contribution in [0.15, 0.2) is 53.9 Å². The van der Waals surface area contributed by atoms with E-state index in [1.54, 1.807) is 25.6 Å². The number of nitrogens with one attached hydrogen (secondary N) is 1. The number of amides is 1. The molecule has 9 heteroatoms. The van der Waals surface area contributed by atoms with E-state index >= 15 is 0 Å². The van der Waals surface area contributed by atoms with Crippen LogP contribution in [0.25, 0.3) is 20.3 Å². The van der Waals surface area contributed by atoms with E-state index in [0.29, 0.717) is 41.7 Å². The predicted octanol–water partition coefficient (Wildman–Crippen LogP) is 5.26. The normalized spacial score (nSPS) is 11.9. The van der Waals surface area contributed by atoms with Crippen molar-refractivity contribution >= 4 is 28.6 Å². The van der Waals surface area contributed by atoms with E-state index in [-0.39, 0.29) is 12.7 Å². The number of thiazole rings is 1. The van der Waals surface area contributed by atoms with Gasteiger partial charge in [0.05, 0.1) is 24.0 Å². The molecule has 1 N–H and O–H groups in total. The number of fused-ring (bicyclic) bond motifs is 1. The molecule has 0 spiro atoms. The van der Waals surface area contributed by atoms with Crippen LogP contribution >= 0.6 is 22.7 Å². The minimum absolute atomic E-state index is 0.200. The Morgan fingerprint density at radius 1 is 1.06 bits per heavy atom. The Balaban J connectivity index is 1.37. The average molecular weight is 495 g/mol. The van der Waals surface area contributed by atoms with Crippen molar-refractivity contribution in [3.8, 4) is 43.3 Å². The molecule has 7 nitrogen and oxygen atoms in total.